The van der Waals surface area contributed by atoms with Gasteiger partial charge in [0.1, 0.15) is 28.6 Å². The maximum Gasteiger partial charge on any atom is 0.319 e. The summed E-state index contributed by atoms with van der Waals surface area (Å²) in [5.74, 6) is -1.27. The molecular weight excluding hydrogens is 358 g/mol. The lowest BCUT2D eigenvalue weighted by molar-refractivity contribution is 0.0412. The molecular formula is C19H22F2N2O4. The Balaban J connectivity index is 1.95. The largest absolute Gasteiger partial charge is 0.494 e. The number of ether oxygens (including phenoxy) is 2. The van der Waals surface area contributed by atoms with E-state index in [-0.39, 0.29) is 24.6 Å². The van der Waals surface area contributed by atoms with Gasteiger partial charge in [0, 0.05) is 18.7 Å². The van der Waals surface area contributed by atoms with Crippen molar-refractivity contribution < 1.29 is 28.2 Å². The van der Waals surface area contributed by atoms with Crippen molar-refractivity contribution in [3.8, 4) is 11.5 Å². The number of hydrogen-bond donors (Lipinski definition) is 3. The van der Waals surface area contributed by atoms with Gasteiger partial charge in [-0.1, -0.05) is 12.1 Å². The standard InChI is InChI=1S/C19H22F2N2O4/c1-19(2,11-24)27-14-6-4-12(5-7-14)10-22-18(25)23-17-15(21)8-13(20)9-16(17)26-3/h4-9,24H,10-11H2,1-3H3,(H2,22,23,25). The van der Waals surface area contributed by atoms with Crippen LogP contribution in [0.25, 0.3) is 0 Å². The number of benzene rings is 2. The third-order valence-corrected chi connectivity index (χ3v) is 3.63. The van der Waals surface area contributed by atoms with Gasteiger partial charge in [0.2, 0.25) is 0 Å². The maximum absolute atomic E-state index is 13.8. The van der Waals surface area contributed by atoms with Gasteiger partial charge in [0.25, 0.3) is 0 Å². The lowest BCUT2D eigenvalue weighted by Crippen LogP contribution is -2.32. The summed E-state index contributed by atoms with van der Waals surface area (Å²) in [6.45, 7) is 3.58. The molecule has 0 unspecified atom stereocenters. The van der Waals surface area contributed by atoms with Gasteiger partial charge in [0.05, 0.1) is 13.7 Å². The summed E-state index contributed by atoms with van der Waals surface area (Å²) >= 11 is 0. The predicted molar refractivity (Wildman–Crippen MR) is 97.0 cm³/mol. The SMILES string of the molecule is COc1cc(F)cc(F)c1NC(=O)NCc1ccc(OC(C)(C)CO)cc1. The van der Waals surface area contributed by atoms with E-state index in [1.807, 2.05) is 0 Å². The minimum absolute atomic E-state index is 0.115. The first-order chi connectivity index (χ1) is 12.7. The van der Waals surface area contributed by atoms with E-state index in [0.29, 0.717) is 11.8 Å². The molecule has 8 heteroatoms. The molecule has 0 fully saturated rings. The van der Waals surface area contributed by atoms with Gasteiger partial charge >= 0.3 is 6.03 Å². The van der Waals surface area contributed by atoms with Crippen LogP contribution in [0.4, 0.5) is 19.3 Å². The van der Waals surface area contributed by atoms with Gasteiger partial charge in [-0.15, -0.1) is 0 Å². The molecule has 0 radical (unpaired) electrons. The fourth-order valence-electron chi connectivity index (χ4n) is 2.20. The second-order valence-electron chi connectivity index (χ2n) is 6.44. The Morgan fingerprint density at radius 3 is 2.44 bits per heavy atom. The fraction of sp³-hybridized carbons (Fsp3) is 0.316. The molecule has 0 bridgehead atoms. The van der Waals surface area contributed by atoms with E-state index < -0.39 is 23.3 Å². The minimum Gasteiger partial charge on any atom is -0.494 e. The number of urea groups is 1. The van der Waals surface area contributed by atoms with E-state index in [4.69, 9.17) is 9.47 Å². The van der Waals surface area contributed by atoms with Crippen LogP contribution in [-0.2, 0) is 6.54 Å². The van der Waals surface area contributed by atoms with E-state index in [1.165, 1.54) is 7.11 Å². The third-order valence-electron chi connectivity index (χ3n) is 3.63. The number of amides is 2. The summed E-state index contributed by atoms with van der Waals surface area (Å²) in [4.78, 5) is 12.0. The van der Waals surface area contributed by atoms with Crippen LogP contribution in [0, 0.1) is 11.6 Å². The van der Waals surface area contributed by atoms with Crippen LogP contribution in [0.2, 0.25) is 0 Å². The molecule has 27 heavy (non-hydrogen) atoms. The van der Waals surface area contributed by atoms with Gasteiger partial charge in [-0.25, -0.2) is 13.6 Å². The number of methoxy groups -OCH3 is 1. The maximum atomic E-state index is 13.8. The molecule has 3 N–H and O–H groups in total. The number of aliphatic hydroxyl groups is 1. The van der Waals surface area contributed by atoms with Crippen molar-refractivity contribution in [2.45, 2.75) is 26.0 Å². The van der Waals surface area contributed by atoms with Crippen molar-refractivity contribution in [2.75, 3.05) is 19.0 Å². The summed E-state index contributed by atoms with van der Waals surface area (Å²) in [6, 6.07) is 7.91. The van der Waals surface area contributed by atoms with Gasteiger partial charge in [-0.3, -0.25) is 0 Å². The zero-order chi connectivity index (χ0) is 20.0. The first kappa shape index (κ1) is 20.4. The molecule has 0 saturated heterocycles. The number of halogens is 2. The lowest BCUT2D eigenvalue weighted by Gasteiger charge is -2.23. The van der Waals surface area contributed by atoms with Crippen LogP contribution in [0.5, 0.6) is 11.5 Å². The monoisotopic (exact) mass is 380 g/mol. The number of hydrogen-bond acceptors (Lipinski definition) is 4. The van der Waals surface area contributed by atoms with Crippen molar-refractivity contribution in [1.29, 1.82) is 0 Å². The van der Waals surface area contributed by atoms with E-state index in [1.54, 1.807) is 38.1 Å². The second-order valence-corrected chi connectivity index (χ2v) is 6.44. The van der Waals surface area contributed by atoms with Crippen LogP contribution >= 0.6 is 0 Å². The van der Waals surface area contributed by atoms with Crippen LogP contribution < -0.4 is 20.1 Å². The number of nitrogens with one attached hydrogen (secondary N) is 2. The van der Waals surface area contributed by atoms with E-state index >= 15 is 0 Å². The van der Waals surface area contributed by atoms with Crippen LogP contribution in [0.1, 0.15) is 19.4 Å². The van der Waals surface area contributed by atoms with Gasteiger partial charge in [-0.2, -0.15) is 0 Å². The zero-order valence-corrected chi connectivity index (χ0v) is 15.3. The molecule has 2 rings (SSSR count). The molecule has 0 spiro atoms. The molecule has 0 aliphatic carbocycles. The first-order valence-corrected chi connectivity index (χ1v) is 8.21. The molecule has 0 saturated carbocycles. The molecule has 0 aliphatic rings. The molecule has 0 aliphatic heterocycles. The summed E-state index contributed by atoms with van der Waals surface area (Å²) in [6.07, 6.45) is 0. The average Bonchev–Trinajstić information content (AvgIpc) is 2.63. The van der Waals surface area contributed by atoms with Gasteiger partial charge in [-0.05, 0) is 31.5 Å². The van der Waals surface area contributed by atoms with Crippen LogP contribution in [0.15, 0.2) is 36.4 Å². The highest BCUT2D eigenvalue weighted by Crippen LogP contribution is 2.28. The van der Waals surface area contributed by atoms with E-state index in [0.717, 1.165) is 11.6 Å². The second kappa shape index (κ2) is 8.68. The van der Waals surface area contributed by atoms with Crippen molar-refractivity contribution in [3.05, 3.63) is 53.6 Å². The first-order valence-electron chi connectivity index (χ1n) is 8.21. The Bertz CT molecular complexity index is 795. The topological polar surface area (TPSA) is 79.8 Å². The van der Waals surface area contributed by atoms with E-state index in [9.17, 15) is 18.7 Å². The third kappa shape index (κ3) is 5.82. The molecule has 0 atom stereocenters. The quantitative estimate of drug-likeness (QED) is 0.687. The number of aliphatic hydroxyl groups excluding tert-OH is 1. The Hall–Kier alpha value is -2.87. The molecule has 6 nitrogen and oxygen atoms in total. The molecule has 2 amide bonds. The smallest absolute Gasteiger partial charge is 0.319 e. The summed E-state index contributed by atoms with van der Waals surface area (Å²) < 4.78 is 37.5. The summed E-state index contributed by atoms with van der Waals surface area (Å²) in [5.41, 5.74) is -0.157. The van der Waals surface area contributed by atoms with Crippen LogP contribution in [-0.4, -0.2) is 30.5 Å². The van der Waals surface area contributed by atoms with Gasteiger partial charge in [0.15, 0.2) is 5.82 Å². The number of carbonyl (C=O) groups excluding carboxylic acids is 1. The molecule has 0 aromatic heterocycles. The fourth-order valence-corrected chi connectivity index (χ4v) is 2.20. The molecule has 0 heterocycles. The Morgan fingerprint density at radius 1 is 1.19 bits per heavy atom. The number of carbonyl (C=O) groups is 1. The van der Waals surface area contributed by atoms with Crippen molar-refractivity contribution in [3.63, 3.8) is 0 Å². The zero-order valence-electron chi connectivity index (χ0n) is 15.3. The van der Waals surface area contributed by atoms with Crippen molar-refractivity contribution in [2.24, 2.45) is 0 Å². The average molecular weight is 380 g/mol. The molecule has 146 valence electrons. The highest BCUT2D eigenvalue weighted by molar-refractivity contribution is 5.91. The Morgan fingerprint density at radius 2 is 1.85 bits per heavy atom. The molecule has 2 aromatic rings. The summed E-state index contributed by atoms with van der Waals surface area (Å²) in [7, 11) is 1.25. The highest BCUT2D eigenvalue weighted by Gasteiger charge is 2.18. The highest BCUT2D eigenvalue weighted by atomic mass is 19.1. The molecule has 2 aromatic carbocycles. The van der Waals surface area contributed by atoms with Crippen molar-refractivity contribution >= 4 is 11.7 Å². The number of anilines is 1. The van der Waals surface area contributed by atoms with Gasteiger partial charge < -0.3 is 25.2 Å². The van der Waals surface area contributed by atoms with Crippen molar-refractivity contribution in [1.82, 2.24) is 5.32 Å². The minimum atomic E-state index is -0.935. The Labute approximate surface area is 156 Å². The van der Waals surface area contributed by atoms with E-state index in [2.05, 4.69) is 10.6 Å². The number of rotatable bonds is 7. The predicted octanol–water partition coefficient (Wildman–Crippen LogP) is 3.44. The Kier molecular flexibility index (Phi) is 6.57. The normalized spacial score (nSPS) is 11.0. The van der Waals surface area contributed by atoms with Crippen LogP contribution in [0.3, 0.4) is 0 Å². The summed E-state index contributed by atoms with van der Waals surface area (Å²) in [5, 5.41) is 14.1. The lowest BCUT2D eigenvalue weighted by atomic mass is 10.1.